The molecule has 0 aromatic carbocycles. The van der Waals surface area contributed by atoms with Crippen molar-refractivity contribution >= 4 is 23.5 Å². The van der Waals surface area contributed by atoms with E-state index >= 15 is 0 Å². The highest BCUT2D eigenvalue weighted by molar-refractivity contribution is 6.07. The predicted octanol–water partition coefficient (Wildman–Crippen LogP) is -3.19. The van der Waals surface area contributed by atoms with Gasteiger partial charge in [-0.15, -0.1) is 0 Å². The first-order chi connectivity index (χ1) is 14.1. The van der Waals surface area contributed by atoms with E-state index in [1.54, 1.807) is 0 Å². The maximum atomic E-state index is 11.2. The molecule has 0 spiro atoms. The highest BCUT2D eigenvalue weighted by Gasteiger charge is 2.27. The van der Waals surface area contributed by atoms with Crippen molar-refractivity contribution in [2.24, 2.45) is 11.8 Å². The van der Waals surface area contributed by atoms with Crippen LogP contribution in [0.1, 0.15) is 0 Å². The highest BCUT2D eigenvalue weighted by atomic mass is 16.5. The number of hydrogen-bond donors (Lipinski definition) is 4. The van der Waals surface area contributed by atoms with E-state index in [2.05, 4.69) is 9.47 Å². The van der Waals surface area contributed by atoms with Crippen LogP contribution in [0.3, 0.4) is 0 Å². The average Bonchev–Trinajstić information content (AvgIpc) is 2.71. The zero-order valence-electron chi connectivity index (χ0n) is 15.3. The molecule has 0 bridgehead atoms. The smallest absolute Gasteiger partial charge is 0.317 e. The Morgan fingerprint density at radius 2 is 1.13 bits per heavy atom. The lowest BCUT2D eigenvalue weighted by Crippen LogP contribution is -2.31. The highest BCUT2D eigenvalue weighted by Crippen LogP contribution is 2.17. The molecule has 0 heterocycles. The van der Waals surface area contributed by atoms with Gasteiger partial charge in [0.2, 0.25) is 0 Å². The number of rotatable bonds is 6. The molecule has 0 unspecified atom stereocenters. The maximum Gasteiger partial charge on any atom is 0.317 e. The van der Waals surface area contributed by atoms with Crippen LogP contribution in [0.2, 0.25) is 0 Å². The van der Waals surface area contributed by atoms with Crippen molar-refractivity contribution in [3.05, 3.63) is 47.3 Å². The molecule has 0 aromatic heterocycles. The van der Waals surface area contributed by atoms with Crippen LogP contribution in [0.5, 0.6) is 0 Å². The quantitative estimate of drug-likeness (QED) is 0.309. The molecule has 30 heavy (non-hydrogen) atoms. The maximum absolute atomic E-state index is 11.2. The summed E-state index contributed by atoms with van der Waals surface area (Å²) < 4.78 is 9.05. The van der Waals surface area contributed by atoms with Crippen LogP contribution < -0.4 is 10.2 Å². The lowest BCUT2D eigenvalue weighted by molar-refractivity contribution is -0.319. The molecular weight excluding hydrogens is 408 g/mol. The van der Waals surface area contributed by atoms with Gasteiger partial charge in [0.1, 0.15) is 19.1 Å². The number of ether oxygens (including phenoxy) is 2. The van der Waals surface area contributed by atoms with Gasteiger partial charge in [0, 0.05) is 0 Å². The van der Waals surface area contributed by atoms with Crippen molar-refractivity contribution in [1.29, 1.82) is 0 Å². The molecule has 0 aliphatic heterocycles. The number of ketones is 2. The van der Waals surface area contributed by atoms with Gasteiger partial charge in [-0.1, -0.05) is 23.7 Å². The Balaban J connectivity index is 0.000000300. The van der Waals surface area contributed by atoms with E-state index in [0.717, 1.165) is 24.3 Å². The third kappa shape index (κ3) is 6.76. The number of carbonyl (C=O) groups excluding carboxylic acids is 4. The Morgan fingerprint density at radius 1 is 0.767 bits per heavy atom. The van der Waals surface area contributed by atoms with Crippen LogP contribution in [-0.2, 0) is 28.7 Å². The van der Waals surface area contributed by atoms with Gasteiger partial charge < -0.3 is 40.1 Å². The lowest BCUT2D eigenvalue weighted by Gasteiger charge is -2.24. The molecule has 2 aliphatic carbocycles. The summed E-state index contributed by atoms with van der Waals surface area (Å²) in [6, 6.07) is 0. The summed E-state index contributed by atoms with van der Waals surface area (Å²) in [6.45, 7) is -1.05. The van der Waals surface area contributed by atoms with E-state index in [4.69, 9.17) is 20.4 Å². The van der Waals surface area contributed by atoms with E-state index in [-0.39, 0.29) is 26.4 Å². The second-order valence-electron chi connectivity index (χ2n) is 5.66. The van der Waals surface area contributed by atoms with Gasteiger partial charge in [-0.25, -0.2) is 0 Å². The monoisotopic (exact) mass is 426 g/mol. The normalized spacial score (nSPS) is 17.0. The van der Waals surface area contributed by atoms with Crippen molar-refractivity contribution in [3.63, 3.8) is 0 Å². The van der Waals surface area contributed by atoms with Gasteiger partial charge in [0.05, 0.1) is 19.1 Å². The third-order valence-electron chi connectivity index (χ3n) is 3.47. The van der Waals surface area contributed by atoms with Crippen LogP contribution in [0, 0.1) is 11.8 Å². The number of carbonyl (C=O) groups is 4. The first-order valence-corrected chi connectivity index (χ1v) is 8.36. The van der Waals surface area contributed by atoms with E-state index in [9.17, 15) is 29.4 Å². The molecule has 164 valence electrons. The summed E-state index contributed by atoms with van der Waals surface area (Å²) in [7, 11) is 0. The average molecular weight is 426 g/mol. The summed E-state index contributed by atoms with van der Waals surface area (Å²) in [4.78, 5) is 44.0. The van der Waals surface area contributed by atoms with Crippen LogP contribution in [0.15, 0.2) is 47.3 Å². The summed E-state index contributed by atoms with van der Waals surface area (Å²) >= 11 is 0. The molecule has 0 radical (unpaired) electrons. The molecule has 0 saturated heterocycles. The van der Waals surface area contributed by atoms with Crippen molar-refractivity contribution in [3.8, 4) is 0 Å². The van der Waals surface area contributed by atoms with Crippen molar-refractivity contribution in [1.82, 2.24) is 0 Å². The Morgan fingerprint density at radius 3 is 1.50 bits per heavy atom. The summed E-state index contributed by atoms with van der Waals surface area (Å²) in [6.07, 6.45) is 3.59. The molecule has 0 saturated carbocycles. The largest absolute Gasteiger partial charge is 0.870 e. The fraction of sp³-hybridized carbons (Fsp3) is 0.333. The zero-order valence-corrected chi connectivity index (χ0v) is 15.3. The molecule has 0 amide bonds. The molecule has 0 fully saturated rings. The summed E-state index contributed by atoms with van der Waals surface area (Å²) in [5.41, 5.74) is 0. The van der Waals surface area contributed by atoms with Crippen LogP contribution >= 0.6 is 0 Å². The Kier molecular flexibility index (Phi) is 9.26. The minimum absolute atomic E-state index is 0.174. The SMILES string of the molecule is O=C1C(O)=CC(C(=O)OCCO)C=C1O.O=C1C([O-])=CC(C(=O)OCCO)C=C1[O-]. The molecule has 0 atom stereocenters. The standard InChI is InChI=1S/2C9H10O6/c2*10-1-2-15-9(14)5-3-6(11)8(13)7(12)4-5/h2*3-5,10-12H,1-2H2/p-2. The van der Waals surface area contributed by atoms with Crippen molar-refractivity contribution < 1.29 is 59.3 Å². The zero-order chi connectivity index (χ0) is 22.8. The number of esters is 2. The molecule has 12 nitrogen and oxygen atoms in total. The van der Waals surface area contributed by atoms with E-state index in [0.29, 0.717) is 0 Å². The Hall–Kier alpha value is -3.64. The Bertz CT molecular complexity index is 705. The van der Waals surface area contributed by atoms with Crippen molar-refractivity contribution in [2.45, 2.75) is 0 Å². The van der Waals surface area contributed by atoms with E-state index in [1.807, 2.05) is 0 Å². The first kappa shape index (κ1) is 24.4. The minimum Gasteiger partial charge on any atom is -0.870 e. The fourth-order valence-corrected chi connectivity index (χ4v) is 2.08. The van der Waals surface area contributed by atoms with E-state index in [1.165, 1.54) is 0 Å². The minimum atomic E-state index is -1.15. The van der Waals surface area contributed by atoms with Gasteiger partial charge in [0.25, 0.3) is 5.78 Å². The molecule has 12 heteroatoms. The lowest BCUT2D eigenvalue weighted by atomic mass is 10.0. The second-order valence-corrected chi connectivity index (χ2v) is 5.66. The van der Waals surface area contributed by atoms with Gasteiger partial charge in [0.15, 0.2) is 17.3 Å². The van der Waals surface area contributed by atoms with Gasteiger partial charge >= 0.3 is 11.9 Å². The Labute approximate surface area is 169 Å². The first-order valence-electron chi connectivity index (χ1n) is 8.36. The van der Waals surface area contributed by atoms with Gasteiger partial charge in [-0.3, -0.25) is 19.2 Å². The number of Topliss-reactive ketones (excluding diaryl/α,β-unsaturated/α-hetero) is 2. The number of aliphatic hydroxyl groups excluding tert-OH is 4. The predicted molar refractivity (Wildman–Crippen MR) is 90.7 cm³/mol. The summed E-state index contributed by atoms with van der Waals surface area (Å²) in [5.74, 6) is -9.21. The second kappa shape index (κ2) is 11.4. The van der Waals surface area contributed by atoms with Crippen LogP contribution in [0.25, 0.3) is 0 Å². The number of hydrogen-bond acceptors (Lipinski definition) is 12. The third-order valence-corrected chi connectivity index (χ3v) is 3.47. The van der Waals surface area contributed by atoms with E-state index < -0.39 is 58.4 Å². The molecule has 0 aromatic rings. The molecular formula is C18H18O12-2. The fourth-order valence-electron chi connectivity index (χ4n) is 2.08. The van der Waals surface area contributed by atoms with Crippen molar-refractivity contribution in [2.75, 3.05) is 26.4 Å². The number of aliphatic hydroxyl groups is 4. The van der Waals surface area contributed by atoms with Crippen LogP contribution in [-0.4, -0.2) is 70.4 Å². The van der Waals surface area contributed by atoms with Crippen LogP contribution in [0.4, 0.5) is 0 Å². The summed E-state index contributed by atoms with van der Waals surface area (Å²) in [5, 5.41) is 56.6. The van der Waals surface area contributed by atoms with Gasteiger partial charge in [-0.2, -0.15) is 0 Å². The molecule has 4 N–H and O–H groups in total. The molecule has 2 aliphatic rings. The topological polar surface area (TPSA) is 214 Å². The van der Waals surface area contributed by atoms with Gasteiger partial charge in [-0.05, 0) is 12.2 Å². The molecule has 2 rings (SSSR count).